The van der Waals surface area contributed by atoms with Crippen LogP contribution in [-0.2, 0) is 4.74 Å². The lowest BCUT2D eigenvalue weighted by Crippen LogP contribution is -2.09. The number of nitriles is 2. The molecule has 3 rings (SSSR count). The van der Waals surface area contributed by atoms with E-state index in [9.17, 15) is 10.1 Å². The molecule has 0 aliphatic carbocycles. The highest BCUT2D eigenvalue weighted by Crippen LogP contribution is 2.28. The van der Waals surface area contributed by atoms with E-state index < -0.39 is 12.1 Å². The Morgan fingerprint density at radius 2 is 1.68 bits per heavy atom. The highest BCUT2D eigenvalue weighted by Gasteiger charge is 2.15. The van der Waals surface area contributed by atoms with Crippen LogP contribution < -0.4 is 4.74 Å². The summed E-state index contributed by atoms with van der Waals surface area (Å²) < 4.78 is 11.3. The summed E-state index contributed by atoms with van der Waals surface area (Å²) in [5.74, 6) is 0.145. The van der Waals surface area contributed by atoms with Crippen molar-refractivity contribution in [1.29, 1.82) is 10.5 Å². The van der Waals surface area contributed by atoms with Gasteiger partial charge in [0.1, 0.15) is 35.3 Å². The summed E-state index contributed by atoms with van der Waals surface area (Å²) in [6.07, 6.45) is -0.393. The van der Waals surface area contributed by atoms with Crippen molar-refractivity contribution in [2.45, 2.75) is 13.0 Å². The van der Waals surface area contributed by atoms with E-state index in [0.29, 0.717) is 11.3 Å². The zero-order valence-corrected chi connectivity index (χ0v) is 15.1. The highest BCUT2D eigenvalue weighted by atomic mass is 16.5. The van der Waals surface area contributed by atoms with Crippen molar-refractivity contribution in [3.05, 3.63) is 95.1 Å². The first-order valence-electron chi connectivity index (χ1n) is 8.59. The minimum atomic E-state index is -0.479. The number of hydrogen-bond donors (Lipinski definition) is 0. The smallest absolute Gasteiger partial charge is 0.338 e. The zero-order valence-electron chi connectivity index (χ0n) is 15.1. The number of nitrogens with zero attached hydrogens (tertiary/aromatic N) is 2. The maximum absolute atomic E-state index is 12.5. The molecule has 136 valence electrons. The highest BCUT2D eigenvalue weighted by molar-refractivity contribution is 5.90. The monoisotopic (exact) mass is 368 g/mol. The van der Waals surface area contributed by atoms with Crippen LogP contribution in [0.2, 0.25) is 0 Å². The summed E-state index contributed by atoms with van der Waals surface area (Å²) in [5, 5.41) is 18.4. The van der Waals surface area contributed by atoms with Crippen molar-refractivity contribution in [2.24, 2.45) is 0 Å². The molecule has 0 bridgehead atoms. The van der Waals surface area contributed by atoms with Crippen molar-refractivity contribution in [3.8, 4) is 23.6 Å². The first-order valence-corrected chi connectivity index (χ1v) is 8.59. The van der Waals surface area contributed by atoms with Gasteiger partial charge >= 0.3 is 5.97 Å². The lowest BCUT2D eigenvalue weighted by molar-refractivity contribution is 0.0337. The van der Waals surface area contributed by atoms with Gasteiger partial charge < -0.3 is 9.47 Å². The van der Waals surface area contributed by atoms with Gasteiger partial charge in [-0.25, -0.2) is 4.79 Å². The number of esters is 1. The van der Waals surface area contributed by atoms with Crippen molar-refractivity contribution < 1.29 is 14.3 Å². The lowest BCUT2D eigenvalue weighted by Gasteiger charge is -2.14. The summed E-state index contributed by atoms with van der Waals surface area (Å²) in [6.45, 7) is 1.81. The molecular formula is C23H16N2O3. The Kier molecular flexibility index (Phi) is 5.69. The third kappa shape index (κ3) is 4.17. The molecule has 5 heteroatoms. The van der Waals surface area contributed by atoms with Crippen molar-refractivity contribution in [3.63, 3.8) is 0 Å². The first-order chi connectivity index (χ1) is 13.6. The minimum absolute atomic E-state index is 0.149. The first kappa shape index (κ1) is 18.7. The van der Waals surface area contributed by atoms with Crippen LogP contribution in [-0.4, -0.2) is 5.97 Å². The Hall–Kier alpha value is -4.09. The number of hydrogen-bond acceptors (Lipinski definition) is 5. The molecule has 28 heavy (non-hydrogen) atoms. The van der Waals surface area contributed by atoms with Crippen LogP contribution in [0.25, 0.3) is 0 Å². The molecule has 0 saturated heterocycles. The van der Waals surface area contributed by atoms with Gasteiger partial charge in [-0.1, -0.05) is 42.5 Å². The Morgan fingerprint density at radius 1 is 0.929 bits per heavy atom. The van der Waals surface area contributed by atoms with Gasteiger partial charge in [-0.3, -0.25) is 0 Å². The predicted molar refractivity (Wildman–Crippen MR) is 103 cm³/mol. The molecule has 1 unspecified atom stereocenters. The van der Waals surface area contributed by atoms with Crippen LogP contribution in [0.4, 0.5) is 0 Å². The SMILES string of the molecule is CC(OC(=O)c1cccc(Oc2cccc(C#N)c2C#N)c1)c1ccccc1. The molecule has 0 N–H and O–H groups in total. The van der Waals surface area contributed by atoms with Crippen LogP contribution in [0.5, 0.6) is 11.5 Å². The van der Waals surface area contributed by atoms with Gasteiger partial charge in [-0.2, -0.15) is 10.5 Å². The molecule has 0 radical (unpaired) electrons. The number of carbonyl (C=O) groups excluding carboxylic acids is 1. The fourth-order valence-corrected chi connectivity index (χ4v) is 2.66. The van der Waals surface area contributed by atoms with Crippen molar-refractivity contribution in [2.75, 3.05) is 0 Å². The average Bonchev–Trinajstić information content (AvgIpc) is 2.74. The molecule has 0 aliphatic heterocycles. The average molecular weight is 368 g/mol. The van der Waals surface area contributed by atoms with Gasteiger partial charge in [0.2, 0.25) is 0 Å². The van der Waals surface area contributed by atoms with Crippen LogP contribution in [0, 0.1) is 22.7 Å². The summed E-state index contributed by atoms with van der Waals surface area (Å²) in [7, 11) is 0. The quantitative estimate of drug-likeness (QED) is 0.582. The maximum Gasteiger partial charge on any atom is 0.338 e. The third-order valence-corrected chi connectivity index (χ3v) is 4.11. The van der Waals surface area contributed by atoms with Crippen molar-refractivity contribution >= 4 is 5.97 Å². The van der Waals surface area contributed by atoms with E-state index in [2.05, 4.69) is 0 Å². The van der Waals surface area contributed by atoms with Crippen LogP contribution >= 0.6 is 0 Å². The molecule has 3 aromatic carbocycles. The standard InChI is InChI=1S/C23H16N2O3/c1-16(17-7-3-2-4-8-17)27-23(26)18-9-5-11-20(13-18)28-22-12-6-10-19(14-24)21(22)15-25/h2-13,16H,1H3. The number of benzene rings is 3. The van der Waals surface area contributed by atoms with E-state index in [1.54, 1.807) is 49.4 Å². The Labute approximate surface area is 163 Å². The molecular weight excluding hydrogens is 352 g/mol. The van der Waals surface area contributed by atoms with E-state index in [-0.39, 0.29) is 16.9 Å². The van der Waals surface area contributed by atoms with E-state index in [1.165, 1.54) is 0 Å². The van der Waals surface area contributed by atoms with E-state index >= 15 is 0 Å². The molecule has 5 nitrogen and oxygen atoms in total. The van der Waals surface area contributed by atoms with Crippen LogP contribution in [0.3, 0.4) is 0 Å². The zero-order chi connectivity index (χ0) is 19.9. The Balaban J connectivity index is 1.79. The summed E-state index contributed by atoms with van der Waals surface area (Å²) >= 11 is 0. The summed E-state index contributed by atoms with van der Waals surface area (Å²) in [5.41, 5.74) is 1.60. The maximum atomic E-state index is 12.5. The van der Waals surface area contributed by atoms with Crippen LogP contribution in [0.1, 0.15) is 40.1 Å². The third-order valence-electron chi connectivity index (χ3n) is 4.11. The Bertz CT molecular complexity index is 1080. The molecule has 1 atom stereocenters. The lowest BCUT2D eigenvalue weighted by atomic mass is 10.1. The molecule has 3 aromatic rings. The largest absolute Gasteiger partial charge is 0.456 e. The minimum Gasteiger partial charge on any atom is -0.456 e. The molecule has 0 heterocycles. The second-order valence-corrected chi connectivity index (χ2v) is 5.99. The molecule has 0 fully saturated rings. The van der Waals surface area contributed by atoms with Gasteiger partial charge in [0, 0.05) is 0 Å². The molecule has 0 aliphatic rings. The number of ether oxygens (including phenoxy) is 2. The second-order valence-electron chi connectivity index (χ2n) is 5.99. The van der Waals surface area contributed by atoms with Gasteiger partial charge in [0.05, 0.1) is 11.1 Å². The van der Waals surface area contributed by atoms with Crippen molar-refractivity contribution in [1.82, 2.24) is 0 Å². The predicted octanol–water partition coefficient (Wildman–Crippen LogP) is 5.14. The van der Waals surface area contributed by atoms with Gasteiger partial charge in [0.15, 0.2) is 0 Å². The van der Waals surface area contributed by atoms with Crippen LogP contribution in [0.15, 0.2) is 72.8 Å². The van der Waals surface area contributed by atoms with E-state index in [0.717, 1.165) is 5.56 Å². The van der Waals surface area contributed by atoms with E-state index in [4.69, 9.17) is 14.7 Å². The fourth-order valence-electron chi connectivity index (χ4n) is 2.66. The molecule has 0 aromatic heterocycles. The van der Waals surface area contributed by atoms with E-state index in [1.807, 2.05) is 42.5 Å². The van der Waals surface area contributed by atoms with Gasteiger partial charge in [-0.15, -0.1) is 0 Å². The molecule has 0 saturated carbocycles. The van der Waals surface area contributed by atoms with Gasteiger partial charge in [-0.05, 0) is 42.8 Å². The second kappa shape index (κ2) is 8.53. The summed E-state index contributed by atoms with van der Waals surface area (Å²) in [4.78, 5) is 12.5. The molecule has 0 amide bonds. The Morgan fingerprint density at radius 3 is 2.39 bits per heavy atom. The van der Waals surface area contributed by atoms with Gasteiger partial charge in [0.25, 0.3) is 0 Å². The summed E-state index contributed by atoms with van der Waals surface area (Å²) in [6, 6.07) is 24.7. The topological polar surface area (TPSA) is 83.1 Å². The normalized spacial score (nSPS) is 11.0. The number of carbonyl (C=O) groups is 1. The fraction of sp³-hybridized carbons (Fsp3) is 0.0870. The molecule has 0 spiro atoms. The number of rotatable bonds is 5.